The van der Waals surface area contributed by atoms with E-state index in [9.17, 15) is 9.59 Å². The van der Waals surface area contributed by atoms with Crippen molar-refractivity contribution in [3.8, 4) is 17.2 Å². The SMILES string of the molecule is CCC1CN(C(=O)C2CC(=O)N(c3cc(OC)c(OC)c(OC)c3)C2)CCO1. The first kappa shape index (κ1) is 20.3. The molecule has 0 radical (unpaired) electrons. The topological polar surface area (TPSA) is 77.5 Å². The molecule has 8 nitrogen and oxygen atoms in total. The van der Waals surface area contributed by atoms with Crippen LogP contribution >= 0.6 is 0 Å². The van der Waals surface area contributed by atoms with Crippen molar-refractivity contribution in [3.63, 3.8) is 0 Å². The van der Waals surface area contributed by atoms with E-state index < -0.39 is 0 Å². The third-order valence-electron chi connectivity index (χ3n) is 5.34. The fourth-order valence-electron chi connectivity index (χ4n) is 3.77. The summed E-state index contributed by atoms with van der Waals surface area (Å²) in [6.07, 6.45) is 1.13. The summed E-state index contributed by atoms with van der Waals surface area (Å²) in [5.41, 5.74) is 0.628. The molecule has 2 amide bonds. The predicted octanol–water partition coefficient (Wildman–Crippen LogP) is 1.70. The van der Waals surface area contributed by atoms with Crippen LogP contribution in [0.3, 0.4) is 0 Å². The molecule has 154 valence electrons. The summed E-state index contributed by atoms with van der Waals surface area (Å²) in [4.78, 5) is 29.1. The number of carbonyl (C=O) groups is 2. The molecule has 3 rings (SSSR count). The number of nitrogens with zero attached hydrogens (tertiary/aromatic N) is 2. The summed E-state index contributed by atoms with van der Waals surface area (Å²) in [5.74, 6) is 0.976. The number of hydrogen-bond acceptors (Lipinski definition) is 6. The van der Waals surface area contributed by atoms with Crippen molar-refractivity contribution in [1.82, 2.24) is 4.90 Å². The molecular formula is C20H28N2O6. The Balaban J connectivity index is 1.78. The minimum absolute atomic E-state index is 0.0186. The molecule has 0 aromatic heterocycles. The molecule has 0 N–H and O–H groups in total. The lowest BCUT2D eigenvalue weighted by atomic mass is 10.1. The lowest BCUT2D eigenvalue weighted by molar-refractivity contribution is -0.143. The minimum Gasteiger partial charge on any atom is -0.493 e. The van der Waals surface area contributed by atoms with Crippen molar-refractivity contribution in [2.75, 3.05) is 52.5 Å². The summed E-state index contributed by atoms with van der Waals surface area (Å²) < 4.78 is 21.7. The van der Waals surface area contributed by atoms with Crippen molar-refractivity contribution in [2.24, 2.45) is 5.92 Å². The number of morpholine rings is 1. The first-order valence-corrected chi connectivity index (χ1v) is 9.53. The van der Waals surface area contributed by atoms with Crippen LogP contribution in [0.2, 0.25) is 0 Å². The first-order valence-electron chi connectivity index (χ1n) is 9.53. The molecule has 28 heavy (non-hydrogen) atoms. The van der Waals surface area contributed by atoms with Gasteiger partial charge < -0.3 is 28.7 Å². The normalized spacial score (nSPS) is 22.4. The molecule has 1 aromatic rings. The Morgan fingerprint density at radius 3 is 2.39 bits per heavy atom. The van der Waals surface area contributed by atoms with Gasteiger partial charge in [-0.3, -0.25) is 9.59 Å². The maximum Gasteiger partial charge on any atom is 0.228 e. The monoisotopic (exact) mass is 392 g/mol. The van der Waals surface area contributed by atoms with E-state index in [-0.39, 0.29) is 30.3 Å². The number of ether oxygens (including phenoxy) is 4. The van der Waals surface area contributed by atoms with Crippen molar-refractivity contribution in [2.45, 2.75) is 25.9 Å². The maximum atomic E-state index is 13.0. The average Bonchev–Trinajstić information content (AvgIpc) is 3.13. The largest absolute Gasteiger partial charge is 0.493 e. The highest BCUT2D eigenvalue weighted by Crippen LogP contribution is 2.42. The molecule has 8 heteroatoms. The molecule has 2 atom stereocenters. The molecule has 0 aliphatic carbocycles. The van der Waals surface area contributed by atoms with Gasteiger partial charge in [-0.1, -0.05) is 6.92 Å². The van der Waals surface area contributed by atoms with Crippen LogP contribution < -0.4 is 19.1 Å². The molecule has 2 aliphatic rings. The molecule has 1 aromatic carbocycles. The molecular weight excluding hydrogens is 364 g/mol. The third-order valence-corrected chi connectivity index (χ3v) is 5.34. The van der Waals surface area contributed by atoms with Crippen LogP contribution in [0.5, 0.6) is 17.2 Å². The molecule has 2 heterocycles. The lowest BCUT2D eigenvalue weighted by Crippen LogP contribution is -2.48. The van der Waals surface area contributed by atoms with Gasteiger partial charge in [0, 0.05) is 38.2 Å². The number of amides is 2. The van der Waals surface area contributed by atoms with Gasteiger partial charge in [-0.15, -0.1) is 0 Å². The van der Waals surface area contributed by atoms with Crippen LogP contribution in [0.1, 0.15) is 19.8 Å². The second kappa shape index (κ2) is 8.68. The van der Waals surface area contributed by atoms with Crippen LogP contribution in [-0.2, 0) is 14.3 Å². The fraction of sp³-hybridized carbons (Fsp3) is 0.600. The van der Waals surface area contributed by atoms with Crippen LogP contribution in [0, 0.1) is 5.92 Å². The van der Waals surface area contributed by atoms with Crippen molar-refractivity contribution in [1.29, 1.82) is 0 Å². The Labute approximate surface area is 165 Å². The van der Waals surface area contributed by atoms with Crippen molar-refractivity contribution in [3.05, 3.63) is 12.1 Å². The van der Waals surface area contributed by atoms with E-state index in [1.54, 1.807) is 17.0 Å². The predicted molar refractivity (Wildman–Crippen MR) is 103 cm³/mol. The summed E-state index contributed by atoms with van der Waals surface area (Å²) >= 11 is 0. The van der Waals surface area contributed by atoms with Gasteiger partial charge >= 0.3 is 0 Å². The third kappa shape index (κ3) is 3.87. The number of benzene rings is 1. The Hall–Kier alpha value is -2.48. The highest BCUT2D eigenvalue weighted by Gasteiger charge is 2.39. The first-order chi connectivity index (χ1) is 13.5. The Kier molecular flexibility index (Phi) is 6.28. The number of hydrogen-bond donors (Lipinski definition) is 0. The number of anilines is 1. The second-order valence-corrected chi connectivity index (χ2v) is 6.97. The fourth-order valence-corrected chi connectivity index (χ4v) is 3.77. The van der Waals surface area contributed by atoms with E-state index >= 15 is 0 Å². The molecule has 0 bridgehead atoms. The molecule has 2 aliphatic heterocycles. The van der Waals surface area contributed by atoms with Gasteiger partial charge in [0.2, 0.25) is 17.6 Å². The smallest absolute Gasteiger partial charge is 0.228 e. The van der Waals surface area contributed by atoms with Crippen LogP contribution in [0.15, 0.2) is 12.1 Å². The van der Waals surface area contributed by atoms with E-state index in [1.165, 1.54) is 21.3 Å². The van der Waals surface area contributed by atoms with Gasteiger partial charge in [-0.2, -0.15) is 0 Å². The van der Waals surface area contributed by atoms with Crippen molar-refractivity contribution < 1.29 is 28.5 Å². The highest BCUT2D eigenvalue weighted by atomic mass is 16.5. The molecule has 0 spiro atoms. The summed E-state index contributed by atoms with van der Waals surface area (Å²) in [7, 11) is 4.59. The van der Waals surface area contributed by atoms with Crippen molar-refractivity contribution >= 4 is 17.5 Å². The van der Waals surface area contributed by atoms with Crippen LogP contribution in [0.25, 0.3) is 0 Å². The summed E-state index contributed by atoms with van der Waals surface area (Å²) in [6, 6.07) is 3.46. The zero-order valence-electron chi connectivity index (χ0n) is 16.9. The van der Waals surface area contributed by atoms with E-state index in [2.05, 4.69) is 0 Å². The number of methoxy groups -OCH3 is 3. The average molecular weight is 392 g/mol. The Bertz CT molecular complexity index is 712. The van der Waals surface area contributed by atoms with Gasteiger partial charge in [0.1, 0.15) is 0 Å². The van der Waals surface area contributed by atoms with E-state index in [0.29, 0.717) is 49.2 Å². The molecule has 0 saturated carbocycles. The minimum atomic E-state index is -0.359. The van der Waals surface area contributed by atoms with Gasteiger partial charge in [0.25, 0.3) is 0 Å². The molecule has 2 unspecified atom stereocenters. The van der Waals surface area contributed by atoms with E-state index in [4.69, 9.17) is 18.9 Å². The maximum absolute atomic E-state index is 13.0. The zero-order valence-corrected chi connectivity index (χ0v) is 16.9. The number of carbonyl (C=O) groups excluding carboxylic acids is 2. The highest BCUT2D eigenvalue weighted by molar-refractivity contribution is 6.00. The van der Waals surface area contributed by atoms with Crippen LogP contribution in [-0.4, -0.2) is 70.4 Å². The standard InChI is InChI=1S/C20H28N2O6/c1-5-15-12-21(6-7-28-15)20(24)13-8-18(23)22(11-13)14-9-16(25-2)19(27-4)17(10-14)26-3/h9-10,13,15H,5-8,11-12H2,1-4H3. The lowest BCUT2D eigenvalue weighted by Gasteiger charge is -2.34. The van der Waals surface area contributed by atoms with E-state index in [1.807, 2.05) is 11.8 Å². The molecule has 2 fully saturated rings. The summed E-state index contributed by atoms with van der Waals surface area (Å²) in [5, 5.41) is 0. The zero-order chi connectivity index (χ0) is 20.3. The second-order valence-electron chi connectivity index (χ2n) is 6.97. The quantitative estimate of drug-likeness (QED) is 0.733. The number of rotatable bonds is 6. The van der Waals surface area contributed by atoms with Crippen LogP contribution in [0.4, 0.5) is 5.69 Å². The van der Waals surface area contributed by atoms with Gasteiger partial charge in [0.05, 0.1) is 45.6 Å². The Morgan fingerprint density at radius 2 is 1.82 bits per heavy atom. The summed E-state index contributed by atoms with van der Waals surface area (Å²) in [6.45, 7) is 4.09. The van der Waals surface area contributed by atoms with Gasteiger partial charge in [0.15, 0.2) is 11.5 Å². The molecule has 2 saturated heterocycles. The van der Waals surface area contributed by atoms with Gasteiger partial charge in [-0.25, -0.2) is 0 Å². The van der Waals surface area contributed by atoms with E-state index in [0.717, 1.165) is 6.42 Å². The Morgan fingerprint density at radius 1 is 1.14 bits per heavy atom. The van der Waals surface area contributed by atoms with Gasteiger partial charge in [-0.05, 0) is 6.42 Å².